The van der Waals surface area contributed by atoms with Gasteiger partial charge in [0.25, 0.3) is 0 Å². The Balaban J connectivity index is 2.32. The number of carbonyl (C=O) groups excluding carboxylic acids is 3. The van der Waals surface area contributed by atoms with Crippen LogP contribution in [0.25, 0.3) is 11.0 Å². The molecule has 3 aromatic rings. The van der Waals surface area contributed by atoms with E-state index in [1.807, 2.05) is 0 Å². The Kier molecular flexibility index (Phi) is 6.10. The van der Waals surface area contributed by atoms with Crippen LogP contribution >= 0.6 is 23.2 Å². The second-order valence-electron chi connectivity index (χ2n) is 5.85. The van der Waals surface area contributed by atoms with E-state index in [0.717, 1.165) is 4.90 Å². The Bertz CT molecular complexity index is 1110. The molecule has 0 unspecified atom stereocenters. The zero-order chi connectivity index (χ0) is 21.1. The molecule has 150 valence electrons. The molecule has 29 heavy (non-hydrogen) atoms. The number of fused-ring (bicyclic) bond motifs is 1. The lowest BCUT2D eigenvalue weighted by Crippen LogP contribution is -2.29. The van der Waals surface area contributed by atoms with Gasteiger partial charge in [-0.05, 0) is 30.3 Å². The molecule has 1 aromatic heterocycles. The van der Waals surface area contributed by atoms with Gasteiger partial charge in [-0.15, -0.1) is 0 Å². The molecule has 0 N–H and O–H groups in total. The number of halogens is 2. The lowest BCUT2D eigenvalue weighted by atomic mass is 10.1. The number of esters is 2. The van der Waals surface area contributed by atoms with Crippen molar-refractivity contribution in [1.29, 1.82) is 0 Å². The molecule has 0 fully saturated rings. The summed E-state index contributed by atoms with van der Waals surface area (Å²) in [7, 11) is 2.35. The fourth-order valence-electron chi connectivity index (χ4n) is 2.80. The highest BCUT2D eigenvalue weighted by Crippen LogP contribution is 2.42. The first kappa shape index (κ1) is 20.7. The maximum atomic E-state index is 13.1. The molecule has 3 rings (SSSR count). The normalized spacial score (nSPS) is 10.6. The zero-order valence-electron chi connectivity index (χ0n) is 15.4. The number of rotatable bonds is 5. The van der Waals surface area contributed by atoms with E-state index in [9.17, 15) is 14.4 Å². The number of ether oxygens (including phenoxy) is 2. The molecule has 2 aromatic carbocycles. The second-order valence-corrected chi connectivity index (χ2v) is 6.69. The summed E-state index contributed by atoms with van der Waals surface area (Å²) < 4.78 is 15.1. The van der Waals surface area contributed by atoms with Gasteiger partial charge in [0.2, 0.25) is 11.7 Å². The molecule has 0 spiro atoms. The Hall–Kier alpha value is -3.03. The lowest BCUT2D eigenvalue weighted by molar-refractivity contribution is -0.143. The third-order valence-corrected chi connectivity index (χ3v) is 4.64. The number of furan rings is 1. The van der Waals surface area contributed by atoms with Crippen molar-refractivity contribution in [3.8, 4) is 0 Å². The number of anilines is 2. The first-order chi connectivity index (χ1) is 13.9. The summed E-state index contributed by atoms with van der Waals surface area (Å²) in [5, 5.41) is 0.949. The van der Waals surface area contributed by atoms with Crippen molar-refractivity contribution in [1.82, 2.24) is 0 Å². The maximum absolute atomic E-state index is 13.1. The minimum atomic E-state index is -0.810. The Morgan fingerprint density at radius 1 is 1.03 bits per heavy atom. The van der Waals surface area contributed by atoms with Crippen LogP contribution in [0.5, 0.6) is 0 Å². The van der Waals surface area contributed by atoms with E-state index in [2.05, 4.69) is 4.74 Å². The van der Waals surface area contributed by atoms with Crippen LogP contribution in [0.15, 0.2) is 46.9 Å². The summed E-state index contributed by atoms with van der Waals surface area (Å²) in [4.78, 5) is 38.4. The van der Waals surface area contributed by atoms with Crippen LogP contribution in [0.4, 0.5) is 11.4 Å². The fraction of sp³-hybridized carbons (Fsp3) is 0.150. The lowest BCUT2D eigenvalue weighted by Gasteiger charge is -2.23. The predicted octanol–water partition coefficient (Wildman–Crippen LogP) is 4.75. The SMILES string of the molecule is COC(=O)CC(=O)N(c1ccccc1Cl)c1c(C(=O)OC)oc2ccc(Cl)cc12. The molecular weight excluding hydrogens is 421 g/mol. The van der Waals surface area contributed by atoms with Crippen LogP contribution in [-0.4, -0.2) is 32.1 Å². The van der Waals surface area contributed by atoms with Crippen molar-refractivity contribution >= 4 is 63.4 Å². The average Bonchev–Trinajstić information content (AvgIpc) is 3.07. The minimum absolute atomic E-state index is 0.0661. The van der Waals surface area contributed by atoms with E-state index >= 15 is 0 Å². The second kappa shape index (κ2) is 8.55. The number of para-hydroxylation sites is 1. The monoisotopic (exact) mass is 435 g/mol. The highest BCUT2D eigenvalue weighted by atomic mass is 35.5. The van der Waals surface area contributed by atoms with Gasteiger partial charge in [-0.1, -0.05) is 35.3 Å². The van der Waals surface area contributed by atoms with Crippen molar-refractivity contribution in [3.05, 3.63) is 58.3 Å². The van der Waals surface area contributed by atoms with E-state index in [0.29, 0.717) is 16.0 Å². The summed E-state index contributed by atoms with van der Waals surface area (Å²) in [6.45, 7) is 0. The highest BCUT2D eigenvalue weighted by Gasteiger charge is 2.32. The first-order valence-corrected chi connectivity index (χ1v) is 9.07. The van der Waals surface area contributed by atoms with E-state index in [4.69, 9.17) is 32.4 Å². The standard InChI is InChI=1S/C20H15Cl2NO6/c1-27-17(25)10-16(24)23(14-6-4-3-5-13(14)22)18-12-9-11(21)7-8-15(12)29-19(18)20(26)28-2/h3-9H,10H2,1-2H3. The van der Waals surface area contributed by atoms with Crippen molar-refractivity contribution in [2.24, 2.45) is 0 Å². The highest BCUT2D eigenvalue weighted by molar-refractivity contribution is 6.35. The quantitative estimate of drug-likeness (QED) is 0.424. The zero-order valence-corrected chi connectivity index (χ0v) is 16.9. The van der Waals surface area contributed by atoms with Gasteiger partial charge in [0, 0.05) is 10.4 Å². The maximum Gasteiger partial charge on any atom is 0.376 e. The third-order valence-electron chi connectivity index (χ3n) is 4.08. The van der Waals surface area contributed by atoms with Gasteiger partial charge in [0.1, 0.15) is 17.7 Å². The average molecular weight is 436 g/mol. The van der Waals surface area contributed by atoms with Gasteiger partial charge in [0.05, 0.1) is 24.9 Å². The molecule has 0 aliphatic rings. The predicted molar refractivity (Wildman–Crippen MR) is 108 cm³/mol. The van der Waals surface area contributed by atoms with Crippen LogP contribution in [0.2, 0.25) is 10.0 Å². The van der Waals surface area contributed by atoms with Crippen LogP contribution in [-0.2, 0) is 19.1 Å². The molecular formula is C20H15Cl2NO6. The number of methoxy groups -OCH3 is 2. The van der Waals surface area contributed by atoms with E-state index in [1.165, 1.54) is 20.3 Å². The first-order valence-electron chi connectivity index (χ1n) is 8.32. The molecule has 0 radical (unpaired) electrons. The van der Waals surface area contributed by atoms with Gasteiger partial charge in [0.15, 0.2) is 0 Å². The number of amides is 1. The molecule has 1 heterocycles. The topological polar surface area (TPSA) is 86.1 Å². The smallest absolute Gasteiger partial charge is 0.376 e. The molecule has 0 aliphatic heterocycles. The van der Waals surface area contributed by atoms with Gasteiger partial charge in [-0.25, -0.2) is 4.79 Å². The number of benzene rings is 2. The van der Waals surface area contributed by atoms with Gasteiger partial charge < -0.3 is 13.9 Å². The van der Waals surface area contributed by atoms with Crippen LogP contribution in [0, 0.1) is 0 Å². The Morgan fingerprint density at radius 2 is 1.76 bits per heavy atom. The summed E-state index contributed by atoms with van der Waals surface area (Å²) in [5.74, 6) is -2.48. The van der Waals surface area contributed by atoms with Crippen molar-refractivity contribution in [2.45, 2.75) is 6.42 Å². The Morgan fingerprint density at radius 3 is 2.41 bits per heavy atom. The molecule has 7 nitrogen and oxygen atoms in total. The summed E-state index contributed by atoms with van der Waals surface area (Å²) in [6.07, 6.45) is -0.588. The number of carbonyl (C=O) groups is 3. The Labute approximate surface area is 175 Å². The molecule has 9 heteroatoms. The van der Waals surface area contributed by atoms with E-state index in [-0.39, 0.29) is 22.2 Å². The van der Waals surface area contributed by atoms with E-state index < -0.39 is 24.3 Å². The molecule has 0 saturated carbocycles. The minimum Gasteiger partial charge on any atom is -0.469 e. The third kappa shape index (κ3) is 4.06. The van der Waals surface area contributed by atoms with Crippen molar-refractivity contribution in [3.63, 3.8) is 0 Å². The summed E-state index contributed by atoms with van der Waals surface area (Å²) in [6, 6.07) is 11.2. The van der Waals surface area contributed by atoms with Gasteiger partial charge in [-0.3, -0.25) is 14.5 Å². The van der Waals surface area contributed by atoms with Crippen LogP contribution < -0.4 is 4.90 Å². The molecule has 0 atom stereocenters. The summed E-state index contributed by atoms with van der Waals surface area (Å²) >= 11 is 12.4. The number of hydrogen-bond donors (Lipinski definition) is 0. The van der Waals surface area contributed by atoms with Gasteiger partial charge in [-0.2, -0.15) is 0 Å². The number of nitrogens with zero attached hydrogens (tertiary/aromatic N) is 1. The van der Waals surface area contributed by atoms with Crippen LogP contribution in [0.3, 0.4) is 0 Å². The fourth-order valence-corrected chi connectivity index (χ4v) is 3.19. The molecule has 1 amide bonds. The van der Waals surface area contributed by atoms with Crippen molar-refractivity contribution < 1.29 is 28.3 Å². The van der Waals surface area contributed by atoms with Crippen LogP contribution in [0.1, 0.15) is 17.0 Å². The largest absolute Gasteiger partial charge is 0.469 e. The van der Waals surface area contributed by atoms with Gasteiger partial charge >= 0.3 is 11.9 Å². The van der Waals surface area contributed by atoms with Crippen molar-refractivity contribution in [2.75, 3.05) is 19.1 Å². The molecule has 0 aliphatic carbocycles. The van der Waals surface area contributed by atoms with E-state index in [1.54, 1.807) is 36.4 Å². The summed E-state index contributed by atoms with van der Waals surface area (Å²) in [5.41, 5.74) is 0.611. The number of hydrogen-bond acceptors (Lipinski definition) is 6. The molecule has 0 bridgehead atoms. The molecule has 0 saturated heterocycles.